The maximum Gasteiger partial charge on any atom is 0.281 e. The summed E-state index contributed by atoms with van der Waals surface area (Å²) in [6.45, 7) is 0. The lowest BCUT2D eigenvalue weighted by Gasteiger charge is -2.11. The molecule has 8 heteroatoms. The van der Waals surface area contributed by atoms with Crippen LogP contribution in [0.15, 0.2) is 59.7 Å². The summed E-state index contributed by atoms with van der Waals surface area (Å²) in [5, 5.41) is 5.02. The molecular weight excluding hydrogens is 407 g/mol. The van der Waals surface area contributed by atoms with Crippen LogP contribution in [0.1, 0.15) is 11.3 Å². The Bertz CT molecular complexity index is 1250. The number of benzene rings is 2. The van der Waals surface area contributed by atoms with Crippen LogP contribution in [0.4, 0.5) is 8.78 Å². The number of aromatic nitrogens is 3. The Morgan fingerprint density at radius 2 is 1.71 bits per heavy atom. The summed E-state index contributed by atoms with van der Waals surface area (Å²) >= 11 is 12.5. The third-order valence-corrected chi connectivity index (χ3v) is 4.90. The molecule has 4 rings (SSSR count). The van der Waals surface area contributed by atoms with E-state index in [1.54, 1.807) is 30.3 Å². The topological polar surface area (TPSA) is 47.3 Å². The third kappa shape index (κ3) is 3.37. The van der Waals surface area contributed by atoms with Crippen molar-refractivity contribution in [3.8, 4) is 11.1 Å². The normalized spacial score (nSPS) is 11.1. The van der Waals surface area contributed by atoms with Gasteiger partial charge < -0.3 is 0 Å². The van der Waals surface area contributed by atoms with Crippen molar-refractivity contribution in [2.24, 2.45) is 0 Å². The number of rotatable bonds is 3. The minimum absolute atomic E-state index is 0.149. The first-order valence-electron chi connectivity index (χ1n) is 8.20. The van der Waals surface area contributed by atoms with Crippen LogP contribution in [-0.2, 0) is 6.42 Å². The molecule has 0 unspecified atom stereocenters. The molecule has 0 aliphatic carbocycles. The van der Waals surface area contributed by atoms with E-state index in [0.717, 1.165) is 6.07 Å². The van der Waals surface area contributed by atoms with Crippen molar-refractivity contribution in [3.05, 3.63) is 98.1 Å². The quantitative estimate of drug-likeness (QED) is 0.474. The summed E-state index contributed by atoms with van der Waals surface area (Å²) in [7, 11) is 0. The van der Waals surface area contributed by atoms with Crippen molar-refractivity contribution < 1.29 is 8.78 Å². The highest BCUT2D eigenvalue weighted by Crippen LogP contribution is 2.34. The molecule has 140 valence electrons. The van der Waals surface area contributed by atoms with Crippen LogP contribution in [0.25, 0.3) is 16.6 Å². The Labute approximate surface area is 168 Å². The fourth-order valence-electron chi connectivity index (χ4n) is 2.97. The zero-order chi connectivity index (χ0) is 19.8. The Morgan fingerprint density at radius 3 is 2.43 bits per heavy atom. The van der Waals surface area contributed by atoms with Gasteiger partial charge in [-0.05, 0) is 35.9 Å². The molecule has 4 aromatic rings. The fourth-order valence-corrected chi connectivity index (χ4v) is 3.56. The molecule has 0 saturated carbocycles. The van der Waals surface area contributed by atoms with E-state index in [1.807, 2.05) is 0 Å². The molecule has 0 atom stereocenters. The van der Waals surface area contributed by atoms with E-state index in [-0.39, 0.29) is 12.0 Å². The molecule has 2 heterocycles. The lowest BCUT2D eigenvalue weighted by atomic mass is 10.1. The summed E-state index contributed by atoms with van der Waals surface area (Å²) in [6, 6.07) is 11.7. The van der Waals surface area contributed by atoms with Crippen LogP contribution in [0.2, 0.25) is 10.0 Å². The van der Waals surface area contributed by atoms with Crippen LogP contribution in [0.3, 0.4) is 0 Å². The van der Waals surface area contributed by atoms with Gasteiger partial charge in [0.1, 0.15) is 18.0 Å². The minimum Gasteiger partial charge on any atom is -0.267 e. The predicted molar refractivity (Wildman–Crippen MR) is 104 cm³/mol. The van der Waals surface area contributed by atoms with Crippen molar-refractivity contribution in [2.75, 3.05) is 0 Å². The molecule has 28 heavy (non-hydrogen) atoms. The molecule has 0 saturated heterocycles. The average Bonchev–Trinajstić information content (AvgIpc) is 2.65. The second-order valence-electron chi connectivity index (χ2n) is 6.09. The molecule has 4 nitrogen and oxygen atoms in total. The average molecular weight is 418 g/mol. The SMILES string of the molecule is O=c1ncn2nc(Cc3ccc(F)cc3F)ccc2c1-c1c(Cl)cccc1Cl. The van der Waals surface area contributed by atoms with Gasteiger partial charge in [-0.3, -0.25) is 4.79 Å². The Kier molecular flexibility index (Phi) is 4.83. The van der Waals surface area contributed by atoms with E-state index in [4.69, 9.17) is 23.2 Å². The Morgan fingerprint density at radius 1 is 0.964 bits per heavy atom. The molecule has 0 N–H and O–H groups in total. The summed E-state index contributed by atoms with van der Waals surface area (Å²) in [5.74, 6) is -1.29. The van der Waals surface area contributed by atoms with Gasteiger partial charge in [0.15, 0.2) is 0 Å². The minimum atomic E-state index is -0.650. The van der Waals surface area contributed by atoms with Crippen molar-refractivity contribution in [3.63, 3.8) is 0 Å². The molecule has 0 spiro atoms. The molecule has 0 aliphatic rings. The number of halogens is 4. The van der Waals surface area contributed by atoms with E-state index in [0.29, 0.717) is 32.4 Å². The van der Waals surface area contributed by atoms with E-state index in [1.165, 1.54) is 23.0 Å². The molecule has 2 aromatic heterocycles. The second-order valence-corrected chi connectivity index (χ2v) is 6.90. The number of fused-ring (bicyclic) bond motifs is 1. The summed E-state index contributed by atoms with van der Waals surface area (Å²) in [5.41, 5.74) is 1.38. The van der Waals surface area contributed by atoms with Crippen molar-refractivity contribution in [2.45, 2.75) is 6.42 Å². The fraction of sp³-hybridized carbons (Fsp3) is 0.0500. The van der Waals surface area contributed by atoms with Gasteiger partial charge in [0, 0.05) is 18.1 Å². The summed E-state index contributed by atoms with van der Waals surface area (Å²) in [4.78, 5) is 16.3. The van der Waals surface area contributed by atoms with Gasteiger partial charge in [0.05, 0.1) is 26.8 Å². The predicted octanol–water partition coefficient (Wildman–Crippen LogP) is 4.93. The smallest absolute Gasteiger partial charge is 0.267 e. The molecular formula is C20H11Cl2F2N3O. The van der Waals surface area contributed by atoms with E-state index >= 15 is 0 Å². The lowest BCUT2D eigenvalue weighted by molar-refractivity contribution is 0.574. The Hall–Kier alpha value is -2.83. The maximum absolute atomic E-state index is 13.9. The van der Waals surface area contributed by atoms with E-state index in [9.17, 15) is 13.6 Å². The van der Waals surface area contributed by atoms with Crippen LogP contribution in [0.5, 0.6) is 0 Å². The first-order valence-corrected chi connectivity index (χ1v) is 8.95. The molecule has 0 fully saturated rings. The number of hydrogen-bond acceptors (Lipinski definition) is 3. The van der Waals surface area contributed by atoms with Crippen molar-refractivity contribution in [1.29, 1.82) is 0 Å². The molecule has 0 bridgehead atoms. The van der Waals surface area contributed by atoms with Crippen LogP contribution in [0, 0.1) is 11.6 Å². The maximum atomic E-state index is 13.9. The highest BCUT2D eigenvalue weighted by atomic mass is 35.5. The van der Waals surface area contributed by atoms with Crippen molar-refractivity contribution in [1.82, 2.24) is 14.6 Å². The monoisotopic (exact) mass is 417 g/mol. The first-order chi connectivity index (χ1) is 13.4. The van der Waals surface area contributed by atoms with Crippen LogP contribution >= 0.6 is 23.2 Å². The number of hydrogen-bond donors (Lipinski definition) is 0. The highest BCUT2D eigenvalue weighted by molar-refractivity contribution is 6.39. The highest BCUT2D eigenvalue weighted by Gasteiger charge is 2.17. The standard InChI is InChI=1S/C20H11Cl2F2N3O/c21-14-2-1-3-15(22)18(14)19-17-7-6-13(26-27(17)10-25-20(19)28)8-11-4-5-12(23)9-16(11)24/h1-7,9-10H,8H2. The second kappa shape index (κ2) is 7.30. The van der Waals surface area contributed by atoms with Gasteiger partial charge >= 0.3 is 0 Å². The Balaban J connectivity index is 1.84. The van der Waals surface area contributed by atoms with Gasteiger partial charge in [0.2, 0.25) is 0 Å². The largest absolute Gasteiger partial charge is 0.281 e. The lowest BCUT2D eigenvalue weighted by Crippen LogP contribution is -2.14. The van der Waals surface area contributed by atoms with E-state index in [2.05, 4.69) is 10.1 Å². The molecule has 0 radical (unpaired) electrons. The molecule has 0 amide bonds. The van der Waals surface area contributed by atoms with Gasteiger partial charge in [-0.25, -0.2) is 13.3 Å². The van der Waals surface area contributed by atoms with Gasteiger partial charge in [0.25, 0.3) is 5.56 Å². The van der Waals surface area contributed by atoms with Gasteiger partial charge in [-0.1, -0.05) is 35.3 Å². The summed E-state index contributed by atoms with van der Waals surface area (Å²) in [6.07, 6.45) is 1.42. The summed E-state index contributed by atoms with van der Waals surface area (Å²) < 4.78 is 28.4. The van der Waals surface area contributed by atoms with Crippen LogP contribution in [-0.4, -0.2) is 14.6 Å². The van der Waals surface area contributed by atoms with Crippen LogP contribution < -0.4 is 5.56 Å². The first kappa shape index (κ1) is 18.5. The van der Waals surface area contributed by atoms with Crippen molar-refractivity contribution >= 4 is 28.7 Å². The zero-order valence-electron chi connectivity index (χ0n) is 14.2. The zero-order valence-corrected chi connectivity index (χ0v) is 15.7. The molecule has 0 aliphatic heterocycles. The molecule has 2 aromatic carbocycles. The number of nitrogens with zero attached hydrogens (tertiary/aromatic N) is 3. The van der Waals surface area contributed by atoms with Gasteiger partial charge in [-0.15, -0.1) is 0 Å². The van der Waals surface area contributed by atoms with Gasteiger partial charge in [-0.2, -0.15) is 10.1 Å². The van der Waals surface area contributed by atoms with E-state index < -0.39 is 17.2 Å². The third-order valence-electron chi connectivity index (χ3n) is 4.27.